The Morgan fingerprint density at radius 3 is 2.41 bits per heavy atom. The summed E-state index contributed by atoms with van der Waals surface area (Å²) in [6, 6.07) is 18.3. The lowest BCUT2D eigenvalue weighted by Crippen LogP contribution is -2.26. The van der Waals surface area contributed by atoms with Crippen molar-refractivity contribution in [2.75, 3.05) is 18.4 Å². The van der Waals surface area contributed by atoms with E-state index in [0.717, 1.165) is 24.8 Å². The molecular weight excluding hydrogens is 367 g/mol. The van der Waals surface area contributed by atoms with Crippen molar-refractivity contribution >= 4 is 11.7 Å². The van der Waals surface area contributed by atoms with Crippen molar-refractivity contribution in [3.8, 4) is 0 Å². The van der Waals surface area contributed by atoms with Gasteiger partial charge in [-0.05, 0) is 49.4 Å². The van der Waals surface area contributed by atoms with Gasteiger partial charge in [-0.3, -0.25) is 4.79 Å². The summed E-state index contributed by atoms with van der Waals surface area (Å²) in [5, 5.41) is 6.13. The number of benzene rings is 2. The van der Waals surface area contributed by atoms with Crippen LogP contribution in [0.25, 0.3) is 0 Å². The molecule has 5 nitrogen and oxygen atoms in total. The van der Waals surface area contributed by atoms with Crippen LogP contribution in [0.3, 0.4) is 0 Å². The zero-order chi connectivity index (χ0) is 20.5. The molecule has 0 saturated heterocycles. The summed E-state index contributed by atoms with van der Waals surface area (Å²) in [6.07, 6.45) is 2.51. The molecule has 6 heteroatoms. The third kappa shape index (κ3) is 6.68. The number of rotatable bonds is 9. The molecule has 2 aromatic carbocycles. The van der Waals surface area contributed by atoms with Crippen LogP contribution in [0.1, 0.15) is 33.9 Å². The molecule has 0 saturated carbocycles. The lowest BCUT2D eigenvalue weighted by atomic mass is 10.1. The fourth-order valence-electron chi connectivity index (χ4n) is 2.99. The number of aryl methyl sites for hydroxylation is 2. The van der Waals surface area contributed by atoms with E-state index >= 15 is 0 Å². The van der Waals surface area contributed by atoms with Crippen molar-refractivity contribution in [3.63, 3.8) is 0 Å². The van der Waals surface area contributed by atoms with Crippen LogP contribution in [0.15, 0.2) is 60.7 Å². The number of carbonyl (C=O) groups excluding carboxylic acids is 1. The zero-order valence-corrected chi connectivity index (χ0v) is 16.5. The van der Waals surface area contributed by atoms with Gasteiger partial charge in [-0.1, -0.05) is 42.5 Å². The molecule has 0 atom stereocenters. The number of halogens is 1. The SMILES string of the molecule is Cc1nc(NCCc2ccc(F)cc2)cc(C(=O)NCCCc2ccccc2)n1. The Labute approximate surface area is 170 Å². The molecule has 150 valence electrons. The highest BCUT2D eigenvalue weighted by atomic mass is 19.1. The summed E-state index contributed by atoms with van der Waals surface area (Å²) >= 11 is 0. The molecule has 1 aromatic heterocycles. The highest BCUT2D eigenvalue weighted by molar-refractivity contribution is 5.92. The lowest BCUT2D eigenvalue weighted by molar-refractivity contribution is 0.0948. The summed E-state index contributed by atoms with van der Waals surface area (Å²) in [4.78, 5) is 21.0. The summed E-state index contributed by atoms with van der Waals surface area (Å²) in [5.74, 6) is 0.693. The number of nitrogens with one attached hydrogen (secondary N) is 2. The topological polar surface area (TPSA) is 66.9 Å². The van der Waals surface area contributed by atoms with Gasteiger partial charge in [0.15, 0.2) is 0 Å². The average molecular weight is 392 g/mol. The van der Waals surface area contributed by atoms with Crippen LogP contribution >= 0.6 is 0 Å². The van der Waals surface area contributed by atoms with Crippen LogP contribution in [0.2, 0.25) is 0 Å². The first kappa shape index (κ1) is 20.5. The zero-order valence-electron chi connectivity index (χ0n) is 16.5. The van der Waals surface area contributed by atoms with E-state index in [9.17, 15) is 9.18 Å². The maximum Gasteiger partial charge on any atom is 0.270 e. The van der Waals surface area contributed by atoms with Gasteiger partial charge in [0.25, 0.3) is 5.91 Å². The fourth-order valence-corrected chi connectivity index (χ4v) is 2.99. The Balaban J connectivity index is 1.48. The molecule has 0 unspecified atom stereocenters. The molecule has 0 bridgehead atoms. The van der Waals surface area contributed by atoms with E-state index in [4.69, 9.17) is 0 Å². The van der Waals surface area contributed by atoms with Gasteiger partial charge >= 0.3 is 0 Å². The molecule has 0 fully saturated rings. The maximum atomic E-state index is 13.0. The van der Waals surface area contributed by atoms with Gasteiger partial charge in [-0.15, -0.1) is 0 Å². The molecule has 3 rings (SSSR count). The molecule has 2 N–H and O–H groups in total. The third-order valence-corrected chi connectivity index (χ3v) is 4.47. The normalized spacial score (nSPS) is 10.6. The van der Waals surface area contributed by atoms with Crippen molar-refractivity contribution in [2.45, 2.75) is 26.2 Å². The first-order valence-corrected chi connectivity index (χ1v) is 9.76. The van der Waals surface area contributed by atoms with E-state index in [1.807, 2.05) is 18.2 Å². The molecular formula is C23H25FN4O. The Bertz CT molecular complexity index is 929. The van der Waals surface area contributed by atoms with E-state index in [1.54, 1.807) is 25.1 Å². The van der Waals surface area contributed by atoms with Crippen LogP contribution in [0, 0.1) is 12.7 Å². The van der Waals surface area contributed by atoms with Crippen molar-refractivity contribution in [1.29, 1.82) is 0 Å². The van der Waals surface area contributed by atoms with Gasteiger partial charge in [0.2, 0.25) is 0 Å². The van der Waals surface area contributed by atoms with Crippen molar-refractivity contribution < 1.29 is 9.18 Å². The maximum absolute atomic E-state index is 13.0. The van der Waals surface area contributed by atoms with Crippen LogP contribution in [0.4, 0.5) is 10.2 Å². The number of amides is 1. The number of carbonyl (C=O) groups is 1. The van der Waals surface area contributed by atoms with Crippen LogP contribution in [0.5, 0.6) is 0 Å². The van der Waals surface area contributed by atoms with Gasteiger partial charge in [0, 0.05) is 19.2 Å². The van der Waals surface area contributed by atoms with Gasteiger partial charge in [-0.25, -0.2) is 14.4 Å². The number of aromatic nitrogens is 2. The van der Waals surface area contributed by atoms with Crippen LogP contribution in [-0.4, -0.2) is 29.0 Å². The van der Waals surface area contributed by atoms with Gasteiger partial charge in [-0.2, -0.15) is 0 Å². The predicted molar refractivity (Wildman–Crippen MR) is 112 cm³/mol. The number of hydrogen-bond acceptors (Lipinski definition) is 4. The smallest absolute Gasteiger partial charge is 0.270 e. The van der Waals surface area contributed by atoms with Gasteiger partial charge in [0.05, 0.1) is 0 Å². The summed E-state index contributed by atoms with van der Waals surface area (Å²) in [6.45, 7) is 2.97. The second-order valence-corrected chi connectivity index (χ2v) is 6.83. The fraction of sp³-hybridized carbons (Fsp3) is 0.261. The van der Waals surface area contributed by atoms with Crippen LogP contribution in [-0.2, 0) is 12.8 Å². The minimum Gasteiger partial charge on any atom is -0.370 e. The van der Waals surface area contributed by atoms with E-state index in [2.05, 4.69) is 32.7 Å². The summed E-state index contributed by atoms with van der Waals surface area (Å²) < 4.78 is 13.0. The number of hydrogen-bond donors (Lipinski definition) is 2. The van der Waals surface area contributed by atoms with Crippen molar-refractivity contribution in [3.05, 3.63) is 89.1 Å². The molecule has 0 spiro atoms. The first-order chi connectivity index (χ1) is 14.1. The summed E-state index contributed by atoms with van der Waals surface area (Å²) in [5.41, 5.74) is 2.63. The van der Waals surface area contributed by atoms with Crippen molar-refractivity contribution in [1.82, 2.24) is 15.3 Å². The van der Waals surface area contributed by atoms with Crippen LogP contribution < -0.4 is 10.6 Å². The molecule has 0 aliphatic heterocycles. The van der Waals surface area contributed by atoms with E-state index in [-0.39, 0.29) is 11.7 Å². The highest BCUT2D eigenvalue weighted by Crippen LogP contribution is 2.09. The Hall–Kier alpha value is -3.28. The minimum absolute atomic E-state index is 0.204. The number of nitrogens with zero attached hydrogens (tertiary/aromatic N) is 2. The Morgan fingerprint density at radius 2 is 1.66 bits per heavy atom. The molecule has 1 heterocycles. The summed E-state index contributed by atoms with van der Waals surface area (Å²) in [7, 11) is 0. The van der Waals surface area contributed by atoms with E-state index < -0.39 is 0 Å². The molecule has 0 radical (unpaired) electrons. The Kier molecular flexibility index (Phi) is 7.28. The monoisotopic (exact) mass is 392 g/mol. The van der Waals surface area contributed by atoms with E-state index in [1.165, 1.54) is 17.7 Å². The van der Waals surface area contributed by atoms with Gasteiger partial charge < -0.3 is 10.6 Å². The van der Waals surface area contributed by atoms with Crippen molar-refractivity contribution in [2.24, 2.45) is 0 Å². The largest absolute Gasteiger partial charge is 0.370 e. The molecule has 1 amide bonds. The minimum atomic E-state index is -0.243. The first-order valence-electron chi connectivity index (χ1n) is 9.76. The van der Waals surface area contributed by atoms with E-state index in [0.29, 0.717) is 30.4 Å². The quantitative estimate of drug-likeness (QED) is 0.541. The second kappa shape index (κ2) is 10.3. The predicted octanol–water partition coefficient (Wildman–Crippen LogP) is 3.94. The molecule has 0 aliphatic rings. The molecule has 0 aliphatic carbocycles. The average Bonchev–Trinajstić information content (AvgIpc) is 2.73. The van der Waals surface area contributed by atoms with Gasteiger partial charge in [0.1, 0.15) is 23.2 Å². The molecule has 29 heavy (non-hydrogen) atoms. The number of anilines is 1. The Morgan fingerprint density at radius 1 is 0.931 bits per heavy atom. The third-order valence-electron chi connectivity index (χ3n) is 4.47. The second-order valence-electron chi connectivity index (χ2n) is 6.83. The lowest BCUT2D eigenvalue weighted by Gasteiger charge is -2.09. The highest BCUT2D eigenvalue weighted by Gasteiger charge is 2.10. The standard InChI is InChI=1S/C23H25FN4O/c1-17-27-21(23(29)26-14-5-8-18-6-3-2-4-7-18)16-22(28-17)25-15-13-19-9-11-20(24)12-10-19/h2-4,6-7,9-12,16H,5,8,13-15H2,1H3,(H,26,29)(H,25,27,28). The molecule has 3 aromatic rings.